The van der Waals surface area contributed by atoms with Crippen LogP contribution in [-0.2, 0) is 0 Å². The third kappa shape index (κ3) is 3.47. The molecule has 8 nitrogen and oxygen atoms in total. The van der Waals surface area contributed by atoms with Crippen molar-refractivity contribution >= 4 is 11.8 Å². The minimum Gasteiger partial charge on any atom is -0.481 e. The van der Waals surface area contributed by atoms with Gasteiger partial charge in [0.2, 0.25) is 11.8 Å². The van der Waals surface area contributed by atoms with Crippen LogP contribution in [0.3, 0.4) is 0 Å². The number of nitrogens with zero attached hydrogens (tertiary/aromatic N) is 6. The summed E-state index contributed by atoms with van der Waals surface area (Å²) in [5.41, 5.74) is 0. The molecular formula is C16H22N6O2. The van der Waals surface area contributed by atoms with Crippen LogP contribution in [-0.4, -0.2) is 60.3 Å². The maximum atomic E-state index is 5.24. The fourth-order valence-electron chi connectivity index (χ4n) is 2.87. The molecule has 24 heavy (non-hydrogen) atoms. The Balaban J connectivity index is 1.78. The van der Waals surface area contributed by atoms with Gasteiger partial charge in [0, 0.05) is 44.6 Å². The lowest BCUT2D eigenvalue weighted by Crippen LogP contribution is -2.47. The van der Waals surface area contributed by atoms with Gasteiger partial charge in [-0.05, 0) is 18.9 Å². The van der Waals surface area contributed by atoms with Gasteiger partial charge < -0.3 is 19.3 Å². The maximum Gasteiger partial charge on any atom is 0.321 e. The maximum absolute atomic E-state index is 5.24. The van der Waals surface area contributed by atoms with E-state index in [1.807, 2.05) is 19.2 Å². The molecule has 0 saturated carbocycles. The highest BCUT2D eigenvalue weighted by molar-refractivity contribution is 5.44. The van der Waals surface area contributed by atoms with Crippen LogP contribution in [0.4, 0.5) is 11.8 Å². The van der Waals surface area contributed by atoms with Crippen molar-refractivity contribution in [3.63, 3.8) is 0 Å². The van der Waals surface area contributed by atoms with Gasteiger partial charge in [0.05, 0.1) is 14.2 Å². The normalized spacial score (nSPS) is 17.5. The quantitative estimate of drug-likeness (QED) is 0.814. The van der Waals surface area contributed by atoms with Crippen LogP contribution in [0.2, 0.25) is 0 Å². The Kier molecular flexibility index (Phi) is 4.93. The molecule has 1 aliphatic heterocycles. The zero-order chi connectivity index (χ0) is 16.9. The van der Waals surface area contributed by atoms with E-state index in [4.69, 9.17) is 9.47 Å². The molecule has 128 valence electrons. The summed E-state index contributed by atoms with van der Waals surface area (Å²) in [6.07, 6.45) is 5.68. The average molecular weight is 330 g/mol. The van der Waals surface area contributed by atoms with Crippen LogP contribution < -0.4 is 19.3 Å². The third-order valence-electron chi connectivity index (χ3n) is 4.20. The number of ether oxygens (including phenoxy) is 2. The van der Waals surface area contributed by atoms with Crippen molar-refractivity contribution in [1.29, 1.82) is 0 Å². The summed E-state index contributed by atoms with van der Waals surface area (Å²) in [4.78, 5) is 21.6. The lowest BCUT2D eigenvalue weighted by atomic mass is 10.0. The second-order valence-electron chi connectivity index (χ2n) is 5.66. The molecule has 1 fully saturated rings. The number of hydrogen-bond donors (Lipinski definition) is 0. The monoisotopic (exact) mass is 330 g/mol. The van der Waals surface area contributed by atoms with Gasteiger partial charge >= 0.3 is 6.01 Å². The topological polar surface area (TPSA) is 76.5 Å². The predicted octanol–water partition coefficient (Wildman–Crippen LogP) is 1.39. The average Bonchev–Trinajstić information content (AvgIpc) is 2.67. The molecule has 1 saturated heterocycles. The minimum atomic E-state index is 0.311. The number of methoxy groups -OCH3 is 2. The van der Waals surface area contributed by atoms with Crippen molar-refractivity contribution in [1.82, 2.24) is 19.9 Å². The van der Waals surface area contributed by atoms with Gasteiger partial charge in [-0.2, -0.15) is 9.97 Å². The Hall–Kier alpha value is -2.64. The van der Waals surface area contributed by atoms with Gasteiger partial charge in [-0.3, -0.25) is 0 Å². The van der Waals surface area contributed by atoms with E-state index in [2.05, 4.69) is 29.7 Å². The van der Waals surface area contributed by atoms with Crippen LogP contribution in [0.5, 0.6) is 11.9 Å². The molecule has 0 aliphatic carbocycles. The molecule has 2 aromatic rings. The van der Waals surface area contributed by atoms with Gasteiger partial charge in [0.1, 0.15) is 5.82 Å². The number of hydrogen-bond acceptors (Lipinski definition) is 8. The number of rotatable bonds is 5. The van der Waals surface area contributed by atoms with Crippen molar-refractivity contribution in [3.05, 3.63) is 24.5 Å². The van der Waals surface area contributed by atoms with Crippen molar-refractivity contribution in [3.8, 4) is 11.9 Å². The first-order chi connectivity index (χ1) is 11.7. The molecular weight excluding hydrogens is 308 g/mol. The smallest absolute Gasteiger partial charge is 0.321 e. The van der Waals surface area contributed by atoms with E-state index in [1.165, 1.54) is 0 Å². The highest BCUT2D eigenvalue weighted by atomic mass is 16.5. The molecule has 8 heteroatoms. The Morgan fingerprint density at radius 2 is 1.96 bits per heavy atom. The van der Waals surface area contributed by atoms with E-state index in [-0.39, 0.29) is 0 Å². The molecule has 3 rings (SSSR count). The van der Waals surface area contributed by atoms with Crippen molar-refractivity contribution in [2.24, 2.45) is 0 Å². The number of likely N-dealkylation sites (N-methyl/N-ethyl adjacent to an activating group) is 1. The van der Waals surface area contributed by atoms with Crippen molar-refractivity contribution in [2.75, 3.05) is 44.2 Å². The van der Waals surface area contributed by atoms with Crippen molar-refractivity contribution in [2.45, 2.75) is 18.9 Å². The third-order valence-corrected chi connectivity index (χ3v) is 4.20. The highest BCUT2D eigenvalue weighted by Gasteiger charge is 2.26. The first-order valence-corrected chi connectivity index (χ1v) is 7.93. The molecule has 0 N–H and O–H groups in total. The lowest BCUT2D eigenvalue weighted by Gasteiger charge is -2.38. The number of anilines is 2. The molecule has 1 aliphatic rings. The minimum absolute atomic E-state index is 0.311. The summed E-state index contributed by atoms with van der Waals surface area (Å²) in [5, 5.41) is 0. The summed E-state index contributed by atoms with van der Waals surface area (Å²) in [6.45, 7) is 1.77. The zero-order valence-electron chi connectivity index (χ0n) is 14.2. The molecule has 1 atom stereocenters. The molecule has 0 spiro atoms. The highest BCUT2D eigenvalue weighted by Crippen LogP contribution is 2.25. The molecule has 0 amide bonds. The summed E-state index contributed by atoms with van der Waals surface area (Å²) in [5.74, 6) is 2.05. The van der Waals surface area contributed by atoms with E-state index in [9.17, 15) is 0 Å². The first-order valence-electron chi connectivity index (χ1n) is 7.93. The van der Waals surface area contributed by atoms with Crippen LogP contribution in [0.15, 0.2) is 24.5 Å². The Bertz CT molecular complexity index is 647. The Morgan fingerprint density at radius 1 is 1.17 bits per heavy atom. The Morgan fingerprint density at radius 3 is 2.67 bits per heavy atom. The largest absolute Gasteiger partial charge is 0.481 e. The molecule has 2 aromatic heterocycles. The first kappa shape index (κ1) is 16.2. The summed E-state index contributed by atoms with van der Waals surface area (Å²) >= 11 is 0. The van der Waals surface area contributed by atoms with Crippen LogP contribution >= 0.6 is 0 Å². The van der Waals surface area contributed by atoms with E-state index < -0.39 is 0 Å². The van der Waals surface area contributed by atoms with Gasteiger partial charge in [-0.25, -0.2) is 9.97 Å². The molecule has 1 unspecified atom stereocenters. The van der Waals surface area contributed by atoms with E-state index in [0.29, 0.717) is 17.9 Å². The second kappa shape index (κ2) is 7.29. The molecule has 0 radical (unpaired) electrons. The summed E-state index contributed by atoms with van der Waals surface area (Å²) in [7, 11) is 5.17. The Labute approximate surface area is 141 Å². The summed E-state index contributed by atoms with van der Waals surface area (Å²) in [6, 6.07) is 4.28. The predicted molar refractivity (Wildman–Crippen MR) is 90.8 cm³/mol. The molecule has 0 aromatic carbocycles. The fourth-order valence-corrected chi connectivity index (χ4v) is 2.87. The molecule has 3 heterocycles. The van der Waals surface area contributed by atoms with Crippen LogP contribution in [0.1, 0.15) is 12.8 Å². The summed E-state index contributed by atoms with van der Waals surface area (Å²) < 4.78 is 10.4. The van der Waals surface area contributed by atoms with Gasteiger partial charge in [0.15, 0.2) is 0 Å². The number of aromatic nitrogens is 4. The number of piperidine rings is 1. The second-order valence-corrected chi connectivity index (χ2v) is 5.66. The van der Waals surface area contributed by atoms with E-state index in [1.54, 1.807) is 26.6 Å². The zero-order valence-corrected chi connectivity index (χ0v) is 14.2. The van der Waals surface area contributed by atoms with E-state index >= 15 is 0 Å². The molecule has 0 bridgehead atoms. The van der Waals surface area contributed by atoms with Gasteiger partial charge in [-0.15, -0.1) is 0 Å². The standard InChI is InChI=1S/C16H22N6O2/c1-21(15-17-7-5-8-18-15)12-6-4-9-22(11-12)13-10-14(23-2)20-16(19-13)24-3/h5,7-8,10,12H,4,6,9,11H2,1-3H3. The van der Waals surface area contributed by atoms with Crippen molar-refractivity contribution < 1.29 is 9.47 Å². The van der Waals surface area contributed by atoms with Gasteiger partial charge in [-0.1, -0.05) is 0 Å². The van der Waals surface area contributed by atoms with E-state index in [0.717, 1.165) is 37.7 Å². The van der Waals surface area contributed by atoms with Crippen LogP contribution in [0.25, 0.3) is 0 Å². The fraction of sp³-hybridized carbons (Fsp3) is 0.500. The van der Waals surface area contributed by atoms with Crippen LogP contribution in [0, 0.1) is 0 Å². The SMILES string of the molecule is COc1cc(N2CCCC(N(C)c3ncccn3)C2)nc(OC)n1. The lowest BCUT2D eigenvalue weighted by molar-refractivity contribution is 0.351. The van der Waals surface area contributed by atoms with Gasteiger partial charge in [0.25, 0.3) is 0 Å².